The molecule has 1 saturated heterocycles. The second-order valence-electron chi connectivity index (χ2n) is 8.01. The van der Waals surface area contributed by atoms with Gasteiger partial charge in [0, 0.05) is 31.9 Å². The second-order valence-corrected chi connectivity index (χ2v) is 8.01. The Labute approximate surface area is 180 Å². The Hall–Kier alpha value is -3.39. The van der Waals surface area contributed by atoms with Crippen molar-refractivity contribution in [3.63, 3.8) is 0 Å². The molecule has 1 unspecified atom stereocenters. The van der Waals surface area contributed by atoms with Crippen molar-refractivity contribution in [3.8, 4) is 5.69 Å². The number of nitrogens with zero attached hydrogens (tertiary/aromatic N) is 5. The minimum absolute atomic E-state index is 0.00910. The van der Waals surface area contributed by atoms with Gasteiger partial charge in [0.25, 0.3) is 0 Å². The summed E-state index contributed by atoms with van der Waals surface area (Å²) in [6.07, 6.45) is 1.55. The van der Waals surface area contributed by atoms with Crippen molar-refractivity contribution in [1.82, 2.24) is 19.2 Å². The molecule has 1 fully saturated rings. The third kappa shape index (κ3) is 4.25. The number of benzene rings is 2. The predicted molar refractivity (Wildman–Crippen MR) is 119 cm³/mol. The fourth-order valence-corrected chi connectivity index (χ4v) is 4.06. The van der Waals surface area contributed by atoms with Gasteiger partial charge in [-0.2, -0.15) is 5.10 Å². The summed E-state index contributed by atoms with van der Waals surface area (Å²) >= 11 is 0. The van der Waals surface area contributed by atoms with E-state index in [-0.39, 0.29) is 11.7 Å². The molecule has 0 amide bonds. The van der Waals surface area contributed by atoms with Crippen molar-refractivity contribution in [2.75, 3.05) is 31.1 Å². The largest absolute Gasteiger partial charge is 0.480 e. The van der Waals surface area contributed by atoms with Crippen LogP contribution in [0.3, 0.4) is 0 Å². The van der Waals surface area contributed by atoms with E-state index in [1.165, 1.54) is 4.68 Å². The molecule has 162 valence electrons. The van der Waals surface area contributed by atoms with Crippen LogP contribution in [0.2, 0.25) is 0 Å². The number of rotatable bonds is 6. The van der Waals surface area contributed by atoms with Crippen LogP contribution in [0, 0.1) is 0 Å². The summed E-state index contributed by atoms with van der Waals surface area (Å²) in [6.45, 7) is 6.65. The standard InChI is InChI=1S/C23H27N5O3/c1-17(2)28-23(31)27(16-24-28)20-10-8-19(9-11-20)25-12-14-26(15-13-25)21(22(29)30)18-6-4-3-5-7-18/h3-11,16-17,21H,12-15H2,1-2H3,(H,29,30). The molecule has 0 radical (unpaired) electrons. The van der Waals surface area contributed by atoms with Crippen LogP contribution in [0.25, 0.3) is 5.69 Å². The normalized spacial score (nSPS) is 15.9. The van der Waals surface area contributed by atoms with Gasteiger partial charge >= 0.3 is 11.7 Å². The number of anilines is 1. The van der Waals surface area contributed by atoms with Gasteiger partial charge in [-0.15, -0.1) is 0 Å². The molecule has 1 N–H and O–H groups in total. The van der Waals surface area contributed by atoms with Crippen LogP contribution in [0.5, 0.6) is 0 Å². The van der Waals surface area contributed by atoms with Gasteiger partial charge < -0.3 is 10.0 Å². The Morgan fingerprint density at radius 3 is 2.10 bits per heavy atom. The minimum atomic E-state index is -0.823. The molecule has 1 aliphatic heterocycles. The number of piperazine rings is 1. The van der Waals surface area contributed by atoms with Gasteiger partial charge in [-0.1, -0.05) is 30.3 Å². The number of carboxylic acids is 1. The Bertz CT molecular complexity index is 1080. The second kappa shape index (κ2) is 8.77. The summed E-state index contributed by atoms with van der Waals surface area (Å²) in [5.41, 5.74) is 2.48. The molecule has 31 heavy (non-hydrogen) atoms. The van der Waals surface area contributed by atoms with E-state index in [1.54, 1.807) is 10.9 Å². The van der Waals surface area contributed by atoms with Crippen LogP contribution in [-0.4, -0.2) is 56.5 Å². The van der Waals surface area contributed by atoms with Crippen molar-refractivity contribution < 1.29 is 9.90 Å². The first-order valence-electron chi connectivity index (χ1n) is 10.5. The molecular weight excluding hydrogens is 394 g/mol. The highest BCUT2D eigenvalue weighted by Crippen LogP contribution is 2.25. The van der Waals surface area contributed by atoms with Gasteiger partial charge in [-0.05, 0) is 43.7 Å². The molecule has 1 atom stereocenters. The highest BCUT2D eigenvalue weighted by Gasteiger charge is 2.30. The molecule has 8 nitrogen and oxygen atoms in total. The number of hydrogen-bond acceptors (Lipinski definition) is 5. The third-order valence-electron chi connectivity index (χ3n) is 5.70. The summed E-state index contributed by atoms with van der Waals surface area (Å²) in [4.78, 5) is 28.6. The zero-order valence-corrected chi connectivity index (χ0v) is 17.8. The van der Waals surface area contributed by atoms with E-state index in [1.807, 2.05) is 73.3 Å². The van der Waals surface area contributed by atoms with Gasteiger partial charge in [0.15, 0.2) is 0 Å². The lowest BCUT2D eigenvalue weighted by Crippen LogP contribution is -2.49. The molecule has 1 aliphatic rings. The van der Waals surface area contributed by atoms with E-state index in [2.05, 4.69) is 10.00 Å². The minimum Gasteiger partial charge on any atom is -0.480 e. The van der Waals surface area contributed by atoms with Gasteiger partial charge in [0.05, 0.1) is 11.7 Å². The number of hydrogen-bond donors (Lipinski definition) is 1. The van der Waals surface area contributed by atoms with Crippen molar-refractivity contribution in [2.45, 2.75) is 25.9 Å². The quantitative estimate of drug-likeness (QED) is 0.659. The SMILES string of the molecule is CC(C)n1ncn(-c2ccc(N3CCN(C(C(=O)O)c4ccccc4)CC3)cc2)c1=O. The maximum Gasteiger partial charge on any atom is 0.350 e. The molecule has 4 rings (SSSR count). The summed E-state index contributed by atoms with van der Waals surface area (Å²) in [7, 11) is 0. The van der Waals surface area contributed by atoms with Crippen molar-refractivity contribution in [3.05, 3.63) is 77.0 Å². The maximum absolute atomic E-state index is 12.5. The first-order valence-corrected chi connectivity index (χ1v) is 10.5. The number of aliphatic carboxylic acids is 1. The summed E-state index contributed by atoms with van der Waals surface area (Å²) < 4.78 is 3.00. The van der Waals surface area contributed by atoms with E-state index in [0.717, 1.165) is 30.0 Å². The maximum atomic E-state index is 12.5. The van der Waals surface area contributed by atoms with E-state index >= 15 is 0 Å². The van der Waals surface area contributed by atoms with Crippen LogP contribution in [0.15, 0.2) is 65.7 Å². The molecule has 2 heterocycles. The average molecular weight is 422 g/mol. The van der Waals surface area contributed by atoms with Crippen LogP contribution in [-0.2, 0) is 4.79 Å². The first kappa shape index (κ1) is 20.9. The average Bonchev–Trinajstić information content (AvgIpc) is 3.17. The van der Waals surface area contributed by atoms with E-state index in [4.69, 9.17) is 0 Å². The van der Waals surface area contributed by atoms with Crippen molar-refractivity contribution in [2.24, 2.45) is 0 Å². The summed E-state index contributed by atoms with van der Waals surface area (Å²) in [5, 5.41) is 13.9. The fourth-order valence-electron chi connectivity index (χ4n) is 4.06. The Morgan fingerprint density at radius 2 is 1.55 bits per heavy atom. The summed E-state index contributed by atoms with van der Waals surface area (Å²) in [5.74, 6) is -0.823. The number of carbonyl (C=O) groups is 1. The monoisotopic (exact) mass is 421 g/mol. The highest BCUT2D eigenvalue weighted by molar-refractivity contribution is 5.75. The van der Waals surface area contributed by atoms with Crippen LogP contribution >= 0.6 is 0 Å². The lowest BCUT2D eigenvalue weighted by Gasteiger charge is -2.39. The number of carboxylic acid groups (broad SMARTS) is 1. The zero-order chi connectivity index (χ0) is 22.0. The predicted octanol–water partition coefficient (Wildman–Crippen LogP) is 2.56. The van der Waals surface area contributed by atoms with Gasteiger partial charge in [-0.25, -0.2) is 14.0 Å². The lowest BCUT2D eigenvalue weighted by atomic mass is 10.0. The van der Waals surface area contributed by atoms with Gasteiger partial charge in [0.2, 0.25) is 0 Å². The Kier molecular flexibility index (Phi) is 5.90. The molecule has 8 heteroatoms. The molecule has 1 aromatic heterocycles. The molecule has 2 aromatic carbocycles. The Morgan fingerprint density at radius 1 is 0.935 bits per heavy atom. The van der Waals surface area contributed by atoms with E-state index in [9.17, 15) is 14.7 Å². The highest BCUT2D eigenvalue weighted by atomic mass is 16.4. The van der Waals surface area contributed by atoms with Crippen LogP contribution in [0.1, 0.15) is 31.5 Å². The molecule has 0 spiro atoms. The molecule has 0 bridgehead atoms. The first-order chi connectivity index (χ1) is 15.0. The lowest BCUT2D eigenvalue weighted by molar-refractivity contribution is -0.143. The molecule has 0 saturated carbocycles. The van der Waals surface area contributed by atoms with E-state index < -0.39 is 12.0 Å². The fraction of sp³-hybridized carbons (Fsp3) is 0.348. The topological polar surface area (TPSA) is 83.6 Å². The van der Waals surface area contributed by atoms with E-state index in [0.29, 0.717) is 13.1 Å². The van der Waals surface area contributed by atoms with Crippen molar-refractivity contribution >= 4 is 11.7 Å². The third-order valence-corrected chi connectivity index (χ3v) is 5.70. The molecular formula is C23H27N5O3. The van der Waals surface area contributed by atoms with Crippen molar-refractivity contribution in [1.29, 1.82) is 0 Å². The van der Waals surface area contributed by atoms with Crippen LogP contribution in [0.4, 0.5) is 5.69 Å². The molecule has 0 aliphatic carbocycles. The van der Waals surface area contributed by atoms with Crippen LogP contribution < -0.4 is 10.6 Å². The molecule has 3 aromatic rings. The van der Waals surface area contributed by atoms with Gasteiger partial charge in [-0.3, -0.25) is 9.69 Å². The Balaban J connectivity index is 1.44. The number of aromatic nitrogens is 3. The van der Waals surface area contributed by atoms with Gasteiger partial charge in [0.1, 0.15) is 12.4 Å². The summed E-state index contributed by atoms with van der Waals surface area (Å²) in [6, 6.07) is 16.6. The zero-order valence-electron chi connectivity index (χ0n) is 17.8. The smallest absolute Gasteiger partial charge is 0.350 e.